The maximum absolute atomic E-state index is 5.33. The van der Waals surface area contributed by atoms with Crippen LogP contribution in [0.3, 0.4) is 0 Å². The highest BCUT2D eigenvalue weighted by Gasteiger charge is 2.24. The van der Waals surface area contributed by atoms with Gasteiger partial charge in [-0.1, -0.05) is 5.16 Å². The van der Waals surface area contributed by atoms with Crippen molar-refractivity contribution >= 4 is 5.95 Å². The average molecular weight is 353 g/mol. The van der Waals surface area contributed by atoms with Gasteiger partial charge < -0.3 is 9.84 Å². The van der Waals surface area contributed by atoms with Gasteiger partial charge in [0, 0.05) is 62.8 Å². The fraction of sp³-hybridized carbons (Fsp3) is 0.444. The van der Waals surface area contributed by atoms with Crippen molar-refractivity contribution in [3.8, 4) is 0 Å². The number of aromatic nitrogens is 5. The Morgan fingerprint density at radius 3 is 2.81 bits per heavy atom. The average Bonchev–Trinajstić information content (AvgIpc) is 3.16. The summed E-state index contributed by atoms with van der Waals surface area (Å²) in [7, 11) is 0. The second kappa shape index (κ2) is 7.25. The van der Waals surface area contributed by atoms with E-state index in [-0.39, 0.29) is 0 Å². The van der Waals surface area contributed by atoms with Gasteiger partial charge in [-0.15, -0.1) is 0 Å². The molecule has 4 heterocycles. The lowest BCUT2D eigenvalue weighted by atomic mass is 10.1. The predicted molar refractivity (Wildman–Crippen MR) is 96.3 cm³/mol. The van der Waals surface area contributed by atoms with Crippen LogP contribution in [0.25, 0.3) is 0 Å². The van der Waals surface area contributed by atoms with E-state index in [9.17, 15) is 0 Å². The molecule has 0 fully saturated rings. The van der Waals surface area contributed by atoms with E-state index in [2.05, 4.69) is 41.2 Å². The summed E-state index contributed by atoms with van der Waals surface area (Å²) in [4.78, 5) is 10.9. The van der Waals surface area contributed by atoms with Crippen LogP contribution in [0.1, 0.15) is 22.7 Å². The summed E-state index contributed by atoms with van der Waals surface area (Å²) in [6.07, 6.45) is 5.37. The van der Waals surface area contributed by atoms with Crippen molar-refractivity contribution in [2.75, 3.05) is 18.4 Å². The third-order valence-corrected chi connectivity index (χ3v) is 4.82. The van der Waals surface area contributed by atoms with Crippen molar-refractivity contribution in [3.05, 3.63) is 53.4 Å². The van der Waals surface area contributed by atoms with Gasteiger partial charge in [0.25, 0.3) is 0 Å². The van der Waals surface area contributed by atoms with Crippen molar-refractivity contribution in [2.24, 2.45) is 5.92 Å². The monoisotopic (exact) mass is 353 g/mol. The number of nitrogens with zero attached hydrogens (tertiary/aromatic N) is 6. The zero-order chi connectivity index (χ0) is 17.9. The van der Waals surface area contributed by atoms with Crippen LogP contribution in [-0.2, 0) is 19.6 Å². The second-order valence-corrected chi connectivity index (χ2v) is 6.80. The molecule has 0 radical (unpaired) electrons. The van der Waals surface area contributed by atoms with Crippen LogP contribution in [0.15, 0.2) is 35.2 Å². The van der Waals surface area contributed by atoms with Crippen LogP contribution < -0.4 is 5.32 Å². The topological polar surface area (TPSA) is 84.9 Å². The summed E-state index contributed by atoms with van der Waals surface area (Å²) in [5.41, 5.74) is 3.37. The van der Waals surface area contributed by atoms with Crippen molar-refractivity contribution in [1.29, 1.82) is 0 Å². The maximum Gasteiger partial charge on any atom is 0.222 e. The number of hydrogen-bond acceptors (Lipinski definition) is 7. The van der Waals surface area contributed by atoms with Gasteiger partial charge in [-0.2, -0.15) is 5.10 Å². The number of rotatable bonds is 5. The Morgan fingerprint density at radius 1 is 1.19 bits per heavy atom. The molecule has 3 aromatic rings. The quantitative estimate of drug-likeness (QED) is 0.751. The zero-order valence-corrected chi connectivity index (χ0v) is 15.1. The van der Waals surface area contributed by atoms with Crippen LogP contribution in [0.5, 0.6) is 0 Å². The molecule has 1 atom stereocenters. The largest absolute Gasteiger partial charge is 0.361 e. The molecule has 8 heteroatoms. The van der Waals surface area contributed by atoms with E-state index in [1.165, 1.54) is 11.3 Å². The lowest BCUT2D eigenvalue weighted by Crippen LogP contribution is -2.31. The zero-order valence-electron chi connectivity index (χ0n) is 15.1. The molecule has 0 saturated carbocycles. The summed E-state index contributed by atoms with van der Waals surface area (Å²) in [6.45, 7) is 8.28. The molecule has 8 nitrogen and oxygen atoms in total. The Morgan fingerprint density at radius 2 is 2.04 bits per heavy atom. The standard InChI is InChI=1S/C18H23N7O/c1-13-17(14(2)26-23-13)12-24-9-15(8-21-18-19-5-3-6-20-18)10-25-16(11-24)4-7-22-25/h3-7,15H,8-12H2,1-2H3,(H,19,20,21). The van der Waals surface area contributed by atoms with E-state index < -0.39 is 0 Å². The number of nitrogens with one attached hydrogen (secondary N) is 1. The molecule has 136 valence electrons. The van der Waals surface area contributed by atoms with Gasteiger partial charge in [-0.05, 0) is 26.0 Å². The van der Waals surface area contributed by atoms with Crippen LogP contribution in [-0.4, -0.2) is 42.9 Å². The summed E-state index contributed by atoms with van der Waals surface area (Å²) in [6, 6.07) is 3.91. The van der Waals surface area contributed by atoms with Gasteiger partial charge in [0.1, 0.15) is 5.76 Å². The van der Waals surface area contributed by atoms with E-state index in [1.807, 2.05) is 26.1 Å². The molecule has 0 aromatic carbocycles. The Kier molecular flexibility index (Phi) is 4.66. The molecule has 26 heavy (non-hydrogen) atoms. The number of hydrogen-bond donors (Lipinski definition) is 1. The SMILES string of the molecule is Cc1noc(C)c1CN1Cc2ccnn2CC(CNc2ncccn2)C1. The van der Waals surface area contributed by atoms with E-state index in [0.29, 0.717) is 11.9 Å². The van der Waals surface area contributed by atoms with E-state index >= 15 is 0 Å². The molecule has 0 saturated heterocycles. The third-order valence-electron chi connectivity index (χ3n) is 4.82. The first-order valence-corrected chi connectivity index (χ1v) is 8.84. The molecule has 0 aliphatic carbocycles. The van der Waals surface area contributed by atoms with Crippen LogP contribution in [0.4, 0.5) is 5.95 Å². The number of aryl methyl sites for hydroxylation is 2. The number of fused-ring (bicyclic) bond motifs is 1. The first kappa shape index (κ1) is 16.7. The minimum absolute atomic E-state index is 0.389. The molecule has 0 amide bonds. The maximum atomic E-state index is 5.33. The fourth-order valence-electron chi connectivity index (χ4n) is 3.45. The normalized spacial score (nSPS) is 17.7. The Bertz CT molecular complexity index is 838. The lowest BCUT2D eigenvalue weighted by Gasteiger charge is -2.24. The fourth-order valence-corrected chi connectivity index (χ4v) is 3.45. The van der Waals surface area contributed by atoms with Gasteiger partial charge in [-0.25, -0.2) is 9.97 Å². The van der Waals surface area contributed by atoms with Gasteiger partial charge in [0.05, 0.1) is 11.4 Å². The van der Waals surface area contributed by atoms with E-state index in [0.717, 1.165) is 44.2 Å². The van der Waals surface area contributed by atoms with Crippen LogP contribution in [0.2, 0.25) is 0 Å². The molecule has 3 aromatic heterocycles. The molecule has 1 N–H and O–H groups in total. The van der Waals surface area contributed by atoms with Crippen molar-refractivity contribution in [3.63, 3.8) is 0 Å². The van der Waals surface area contributed by atoms with Crippen molar-refractivity contribution < 1.29 is 4.52 Å². The van der Waals surface area contributed by atoms with Crippen molar-refractivity contribution in [1.82, 2.24) is 29.8 Å². The predicted octanol–water partition coefficient (Wildman–Crippen LogP) is 2.02. The molecule has 1 aliphatic rings. The molecule has 1 unspecified atom stereocenters. The molecule has 0 spiro atoms. The third kappa shape index (κ3) is 3.60. The Hall–Kier alpha value is -2.74. The van der Waals surface area contributed by atoms with Crippen LogP contribution >= 0.6 is 0 Å². The highest BCUT2D eigenvalue weighted by molar-refractivity contribution is 5.23. The smallest absolute Gasteiger partial charge is 0.222 e. The summed E-state index contributed by atoms with van der Waals surface area (Å²) in [5.74, 6) is 1.95. The van der Waals surface area contributed by atoms with Crippen LogP contribution in [0, 0.1) is 19.8 Å². The van der Waals surface area contributed by atoms with Gasteiger partial charge >= 0.3 is 0 Å². The minimum Gasteiger partial charge on any atom is -0.361 e. The molecular weight excluding hydrogens is 330 g/mol. The van der Waals surface area contributed by atoms with E-state index in [1.54, 1.807) is 12.4 Å². The molecule has 1 aliphatic heterocycles. The molecule has 4 rings (SSSR count). The highest BCUT2D eigenvalue weighted by Crippen LogP contribution is 2.21. The van der Waals surface area contributed by atoms with Crippen molar-refractivity contribution in [2.45, 2.75) is 33.5 Å². The number of anilines is 1. The van der Waals surface area contributed by atoms with Gasteiger partial charge in [0.2, 0.25) is 5.95 Å². The summed E-state index contributed by atoms with van der Waals surface area (Å²) < 4.78 is 7.43. The molecule has 0 bridgehead atoms. The summed E-state index contributed by atoms with van der Waals surface area (Å²) in [5, 5.41) is 11.9. The Labute approximate surface area is 152 Å². The first-order chi connectivity index (χ1) is 12.7. The molecular formula is C18H23N7O. The minimum atomic E-state index is 0.389. The Balaban J connectivity index is 1.50. The van der Waals surface area contributed by atoms with Gasteiger partial charge in [0.15, 0.2) is 0 Å². The highest BCUT2D eigenvalue weighted by atomic mass is 16.5. The lowest BCUT2D eigenvalue weighted by molar-refractivity contribution is 0.224. The summed E-state index contributed by atoms with van der Waals surface area (Å²) >= 11 is 0. The second-order valence-electron chi connectivity index (χ2n) is 6.80. The van der Waals surface area contributed by atoms with E-state index in [4.69, 9.17) is 4.52 Å². The van der Waals surface area contributed by atoms with Gasteiger partial charge in [-0.3, -0.25) is 9.58 Å². The first-order valence-electron chi connectivity index (χ1n) is 8.84.